The lowest BCUT2D eigenvalue weighted by molar-refractivity contribution is -0.122. The van der Waals surface area contributed by atoms with E-state index in [1.165, 1.54) is 0 Å². The van der Waals surface area contributed by atoms with E-state index in [0.29, 0.717) is 12.0 Å². The van der Waals surface area contributed by atoms with Gasteiger partial charge in [0.05, 0.1) is 11.6 Å². The molecule has 2 N–H and O–H groups in total. The number of Topliss-reactive ketones (excluding diaryl/α,β-unsaturated/α-hetero) is 1. The summed E-state index contributed by atoms with van der Waals surface area (Å²) in [6.07, 6.45) is 4.07. The first-order valence-electron chi connectivity index (χ1n) is 11.2. The normalized spacial score (nSPS) is 16.7. The number of hydrogen-bond donors (Lipinski definition) is 2. The van der Waals surface area contributed by atoms with Crippen molar-refractivity contribution in [1.29, 1.82) is 0 Å². The fraction of sp³-hybridized carbons (Fsp3) is 0.385. The monoisotopic (exact) mass is 417 g/mol. The van der Waals surface area contributed by atoms with Crippen LogP contribution in [0, 0.1) is 5.92 Å². The molecule has 3 aromatic rings. The molecule has 1 fully saturated rings. The van der Waals surface area contributed by atoms with Gasteiger partial charge in [-0.15, -0.1) is 0 Å². The lowest BCUT2D eigenvalue weighted by atomic mass is 9.84. The van der Waals surface area contributed by atoms with Crippen molar-refractivity contribution in [2.45, 2.75) is 38.1 Å². The summed E-state index contributed by atoms with van der Waals surface area (Å²) in [5.74, 6) is 0.237. The van der Waals surface area contributed by atoms with Gasteiger partial charge in [0, 0.05) is 30.6 Å². The van der Waals surface area contributed by atoms with Crippen LogP contribution in [0.15, 0.2) is 60.8 Å². The summed E-state index contributed by atoms with van der Waals surface area (Å²) in [4.78, 5) is 26.7. The number of para-hydroxylation sites is 1. The number of benzene rings is 2. The van der Waals surface area contributed by atoms with Gasteiger partial charge in [0.15, 0.2) is 5.78 Å². The number of carbonyl (C=O) groups is 2. The van der Waals surface area contributed by atoms with Crippen molar-refractivity contribution < 1.29 is 9.59 Å². The number of hydrogen-bond acceptors (Lipinski definition) is 3. The summed E-state index contributed by atoms with van der Waals surface area (Å²) in [7, 11) is 1.94. The number of aromatic nitrogens is 1. The molecule has 2 heterocycles. The molecule has 5 nitrogen and oxygen atoms in total. The molecule has 4 rings (SSSR count). The number of nitrogens with zero attached hydrogens (tertiary/aromatic N) is 1. The van der Waals surface area contributed by atoms with Crippen LogP contribution >= 0.6 is 0 Å². The van der Waals surface area contributed by atoms with Gasteiger partial charge in [-0.1, -0.05) is 55.5 Å². The van der Waals surface area contributed by atoms with E-state index in [0.717, 1.165) is 42.4 Å². The molecule has 0 radical (unpaired) electrons. The molecule has 5 heteroatoms. The highest BCUT2D eigenvalue weighted by Gasteiger charge is 2.32. The van der Waals surface area contributed by atoms with Crippen LogP contribution in [0.4, 0.5) is 0 Å². The van der Waals surface area contributed by atoms with Crippen LogP contribution in [0.3, 0.4) is 0 Å². The van der Waals surface area contributed by atoms with E-state index in [-0.39, 0.29) is 23.5 Å². The second-order valence-electron chi connectivity index (χ2n) is 8.69. The van der Waals surface area contributed by atoms with E-state index in [1.807, 2.05) is 60.3 Å². The molecule has 0 bridgehead atoms. The van der Waals surface area contributed by atoms with Crippen molar-refractivity contribution in [3.8, 4) is 0 Å². The van der Waals surface area contributed by atoms with E-state index in [1.54, 1.807) is 0 Å². The van der Waals surface area contributed by atoms with Gasteiger partial charge in [-0.2, -0.15) is 0 Å². The Morgan fingerprint density at radius 3 is 2.48 bits per heavy atom. The smallest absolute Gasteiger partial charge is 0.254 e. The van der Waals surface area contributed by atoms with E-state index in [9.17, 15) is 9.59 Å². The van der Waals surface area contributed by atoms with E-state index in [4.69, 9.17) is 0 Å². The second-order valence-corrected chi connectivity index (χ2v) is 8.69. The molecule has 0 aliphatic carbocycles. The predicted molar refractivity (Wildman–Crippen MR) is 124 cm³/mol. The minimum absolute atomic E-state index is 0.118. The summed E-state index contributed by atoms with van der Waals surface area (Å²) < 4.78 is 1.96. The third-order valence-electron chi connectivity index (χ3n) is 6.51. The summed E-state index contributed by atoms with van der Waals surface area (Å²) in [6.45, 7) is 3.85. The fourth-order valence-corrected chi connectivity index (χ4v) is 4.71. The van der Waals surface area contributed by atoms with Gasteiger partial charge in [0.2, 0.25) is 0 Å². The van der Waals surface area contributed by atoms with Gasteiger partial charge in [-0.3, -0.25) is 9.59 Å². The van der Waals surface area contributed by atoms with E-state index >= 15 is 0 Å². The third kappa shape index (κ3) is 4.72. The van der Waals surface area contributed by atoms with Crippen LogP contribution in [0.1, 0.15) is 48.0 Å². The summed E-state index contributed by atoms with van der Waals surface area (Å²) in [5.41, 5.74) is 2.79. The predicted octanol–water partition coefficient (Wildman–Crippen LogP) is 4.04. The van der Waals surface area contributed by atoms with Crippen LogP contribution in [-0.4, -0.2) is 35.4 Å². The van der Waals surface area contributed by atoms with Gasteiger partial charge in [0.1, 0.15) is 0 Å². The third-order valence-corrected chi connectivity index (χ3v) is 6.51. The van der Waals surface area contributed by atoms with Gasteiger partial charge in [-0.25, -0.2) is 0 Å². The van der Waals surface area contributed by atoms with Crippen molar-refractivity contribution in [1.82, 2.24) is 15.2 Å². The molecule has 1 aliphatic heterocycles. The number of rotatable bonds is 7. The molecule has 1 unspecified atom stereocenters. The Kier molecular flexibility index (Phi) is 6.52. The molecule has 2 atom stereocenters. The van der Waals surface area contributed by atoms with Crippen molar-refractivity contribution in [3.63, 3.8) is 0 Å². The molecule has 2 aromatic carbocycles. The van der Waals surface area contributed by atoms with Crippen LogP contribution in [0.25, 0.3) is 10.9 Å². The molecule has 1 amide bonds. The zero-order chi connectivity index (χ0) is 21.8. The lowest BCUT2D eigenvalue weighted by Gasteiger charge is -2.31. The Morgan fingerprint density at radius 1 is 1.06 bits per heavy atom. The molecule has 0 spiro atoms. The standard InChI is InChI=1S/C26H31N3O2/c1-18(19-8-4-3-5-9-19)16-24(30)25(20-12-14-27-15-13-20)28-26(31)22-17-29(2)23-11-7-6-10-21(22)23/h3-11,17-18,20,25,27H,12-16H2,1-2H3,(H,28,31)/t18-,25?/m0/s1. The van der Waals surface area contributed by atoms with Gasteiger partial charge in [0.25, 0.3) is 5.91 Å². The Balaban J connectivity index is 1.56. The Hall–Kier alpha value is -2.92. The molecule has 162 valence electrons. The topological polar surface area (TPSA) is 63.1 Å². The molecule has 1 saturated heterocycles. The zero-order valence-corrected chi connectivity index (χ0v) is 18.3. The second kappa shape index (κ2) is 9.48. The molecular formula is C26H31N3O2. The summed E-state index contributed by atoms with van der Waals surface area (Å²) in [5, 5.41) is 7.41. The minimum Gasteiger partial charge on any atom is -0.350 e. The number of piperidine rings is 1. The molecular weight excluding hydrogens is 386 g/mol. The highest BCUT2D eigenvalue weighted by Crippen LogP contribution is 2.25. The van der Waals surface area contributed by atoms with Crippen molar-refractivity contribution >= 4 is 22.6 Å². The highest BCUT2D eigenvalue weighted by molar-refractivity contribution is 6.08. The molecule has 1 aliphatic rings. The van der Waals surface area contributed by atoms with Crippen molar-refractivity contribution in [2.75, 3.05) is 13.1 Å². The first kappa shape index (κ1) is 21.3. The molecule has 1 aromatic heterocycles. The van der Waals surface area contributed by atoms with Gasteiger partial charge < -0.3 is 15.2 Å². The number of carbonyl (C=O) groups excluding carboxylic acids is 2. The van der Waals surface area contributed by atoms with Crippen LogP contribution < -0.4 is 10.6 Å². The van der Waals surface area contributed by atoms with Crippen LogP contribution in [0.5, 0.6) is 0 Å². The van der Waals surface area contributed by atoms with Crippen molar-refractivity contribution in [2.24, 2.45) is 13.0 Å². The zero-order valence-electron chi connectivity index (χ0n) is 18.3. The largest absolute Gasteiger partial charge is 0.350 e. The first-order chi connectivity index (χ1) is 15.0. The maximum atomic E-state index is 13.4. The quantitative estimate of drug-likeness (QED) is 0.610. The van der Waals surface area contributed by atoms with Gasteiger partial charge in [-0.05, 0) is 49.4 Å². The maximum Gasteiger partial charge on any atom is 0.254 e. The average Bonchev–Trinajstić information content (AvgIpc) is 3.15. The van der Waals surface area contributed by atoms with E-state index < -0.39 is 6.04 Å². The Morgan fingerprint density at radius 2 is 1.74 bits per heavy atom. The van der Waals surface area contributed by atoms with Crippen molar-refractivity contribution in [3.05, 3.63) is 71.9 Å². The number of fused-ring (bicyclic) bond motifs is 1. The summed E-state index contributed by atoms with van der Waals surface area (Å²) in [6, 6.07) is 17.5. The number of amides is 1. The van der Waals surface area contributed by atoms with Crippen LogP contribution in [0.2, 0.25) is 0 Å². The number of nitrogens with one attached hydrogen (secondary N) is 2. The Labute approximate surface area is 183 Å². The van der Waals surface area contributed by atoms with E-state index in [2.05, 4.69) is 29.7 Å². The molecule has 31 heavy (non-hydrogen) atoms. The molecule has 0 saturated carbocycles. The summed E-state index contributed by atoms with van der Waals surface area (Å²) >= 11 is 0. The SMILES string of the molecule is C[C@@H](CC(=O)C(NC(=O)c1cn(C)c2ccccc12)C1CCNCC1)c1ccccc1. The maximum absolute atomic E-state index is 13.4. The number of ketones is 1. The fourth-order valence-electron chi connectivity index (χ4n) is 4.71. The average molecular weight is 418 g/mol. The Bertz CT molecular complexity index is 1050. The number of aryl methyl sites for hydroxylation is 1. The van der Waals surface area contributed by atoms with Crippen LogP contribution in [-0.2, 0) is 11.8 Å². The van der Waals surface area contributed by atoms with Gasteiger partial charge >= 0.3 is 0 Å². The minimum atomic E-state index is -0.459. The highest BCUT2D eigenvalue weighted by atomic mass is 16.2. The lowest BCUT2D eigenvalue weighted by Crippen LogP contribution is -2.49. The first-order valence-corrected chi connectivity index (χ1v) is 11.2.